The molecule has 3 aromatic rings. The number of hydrogen-bond acceptors (Lipinski definition) is 6. The summed E-state index contributed by atoms with van der Waals surface area (Å²) in [4.78, 5) is 12.4. The van der Waals surface area contributed by atoms with Gasteiger partial charge in [0.25, 0.3) is 5.91 Å². The highest BCUT2D eigenvalue weighted by Crippen LogP contribution is 2.26. The normalized spacial score (nSPS) is 10.3. The van der Waals surface area contributed by atoms with Gasteiger partial charge in [0.1, 0.15) is 29.4 Å². The number of amides is 1. The molecule has 0 saturated carbocycles. The van der Waals surface area contributed by atoms with Crippen molar-refractivity contribution in [3.63, 3.8) is 0 Å². The maximum Gasteiger partial charge on any atom is 0.261 e. The van der Waals surface area contributed by atoms with Crippen LogP contribution >= 0.6 is 11.3 Å². The molecule has 6 nitrogen and oxygen atoms in total. The Balaban J connectivity index is 1.77. The fraction of sp³-hybridized carbons (Fsp3) is 0.118. The molecule has 128 valence electrons. The molecule has 0 fully saturated rings. The number of rotatable bonds is 6. The van der Waals surface area contributed by atoms with E-state index in [0.29, 0.717) is 22.2 Å². The summed E-state index contributed by atoms with van der Waals surface area (Å²) >= 11 is 1.20. The van der Waals surface area contributed by atoms with Crippen LogP contribution in [0, 0.1) is 5.82 Å². The number of benzene rings is 2. The first-order valence-corrected chi connectivity index (χ1v) is 8.17. The molecular weight excluding hydrogens is 345 g/mol. The third kappa shape index (κ3) is 4.10. The summed E-state index contributed by atoms with van der Waals surface area (Å²) in [5.41, 5.74) is 2.22. The number of nitrogens with one attached hydrogen (secondary N) is 1. The lowest BCUT2D eigenvalue weighted by Crippen LogP contribution is -2.13. The van der Waals surface area contributed by atoms with Crippen molar-refractivity contribution in [2.75, 3.05) is 12.4 Å². The van der Waals surface area contributed by atoms with E-state index in [1.807, 2.05) is 0 Å². The fourth-order valence-corrected chi connectivity index (χ4v) is 2.56. The second-order valence-electron chi connectivity index (χ2n) is 4.94. The quantitative estimate of drug-likeness (QED) is 0.729. The Kier molecular flexibility index (Phi) is 5.20. The van der Waals surface area contributed by atoms with Crippen molar-refractivity contribution in [1.82, 2.24) is 10.2 Å². The minimum atomic E-state index is -0.398. The van der Waals surface area contributed by atoms with Crippen LogP contribution < -0.4 is 14.8 Å². The Hall–Kier alpha value is -3.00. The number of halogens is 1. The van der Waals surface area contributed by atoms with Gasteiger partial charge in [0.2, 0.25) is 5.13 Å². The number of carbonyl (C=O) groups excluding carboxylic acids is 1. The number of anilines is 1. The molecule has 0 aliphatic rings. The smallest absolute Gasteiger partial charge is 0.261 e. The maximum atomic E-state index is 13.7. The summed E-state index contributed by atoms with van der Waals surface area (Å²) in [6, 6.07) is 11.2. The lowest BCUT2D eigenvalue weighted by Gasteiger charge is -2.11. The van der Waals surface area contributed by atoms with E-state index in [4.69, 9.17) is 9.47 Å². The predicted octanol–water partition coefficient (Wildman–Crippen LogP) is 3.52. The average Bonchev–Trinajstić information content (AvgIpc) is 3.13. The molecule has 2 aromatic carbocycles. The molecule has 1 aromatic heterocycles. The zero-order chi connectivity index (χ0) is 17.6. The number of nitrogens with zero attached hydrogens (tertiary/aromatic N) is 2. The third-order valence-corrected chi connectivity index (χ3v) is 3.95. The van der Waals surface area contributed by atoms with Crippen molar-refractivity contribution >= 4 is 22.4 Å². The first-order chi connectivity index (χ1) is 12.2. The second kappa shape index (κ2) is 7.71. The van der Waals surface area contributed by atoms with Gasteiger partial charge in [0.15, 0.2) is 0 Å². The maximum absolute atomic E-state index is 13.7. The molecule has 0 aliphatic heterocycles. The van der Waals surface area contributed by atoms with Crippen LogP contribution in [0.5, 0.6) is 11.5 Å². The predicted molar refractivity (Wildman–Crippen MR) is 91.6 cm³/mol. The van der Waals surface area contributed by atoms with Gasteiger partial charge in [-0.25, -0.2) is 4.39 Å². The number of carbonyl (C=O) groups is 1. The van der Waals surface area contributed by atoms with Crippen molar-refractivity contribution < 1.29 is 18.7 Å². The Morgan fingerprint density at radius 3 is 2.84 bits per heavy atom. The summed E-state index contributed by atoms with van der Waals surface area (Å²) in [6.07, 6.45) is 0. The van der Waals surface area contributed by atoms with Crippen LogP contribution in [0.25, 0.3) is 0 Å². The zero-order valence-corrected chi connectivity index (χ0v) is 14.0. The third-order valence-electron chi connectivity index (χ3n) is 3.35. The van der Waals surface area contributed by atoms with Gasteiger partial charge >= 0.3 is 0 Å². The molecule has 3 rings (SSSR count). The largest absolute Gasteiger partial charge is 0.496 e. The van der Waals surface area contributed by atoms with E-state index in [0.717, 1.165) is 0 Å². The Morgan fingerprint density at radius 1 is 1.28 bits per heavy atom. The van der Waals surface area contributed by atoms with E-state index in [-0.39, 0.29) is 18.0 Å². The fourth-order valence-electron chi connectivity index (χ4n) is 2.12. The van der Waals surface area contributed by atoms with Crippen molar-refractivity contribution in [1.29, 1.82) is 0 Å². The topological polar surface area (TPSA) is 73.3 Å². The number of ether oxygens (including phenoxy) is 2. The SMILES string of the molecule is COc1ccc(OCc2ccccc2F)cc1C(=O)Nc1nncs1. The summed E-state index contributed by atoms with van der Waals surface area (Å²) in [5, 5.41) is 10.4. The lowest BCUT2D eigenvalue weighted by molar-refractivity contribution is 0.102. The van der Waals surface area contributed by atoms with Crippen molar-refractivity contribution in [2.24, 2.45) is 0 Å². The number of aromatic nitrogens is 2. The Morgan fingerprint density at radius 2 is 2.12 bits per heavy atom. The van der Waals surface area contributed by atoms with E-state index in [9.17, 15) is 9.18 Å². The van der Waals surface area contributed by atoms with Gasteiger partial charge in [0, 0.05) is 5.56 Å². The molecular formula is C17H14FN3O3S. The van der Waals surface area contributed by atoms with Crippen LogP contribution in [0.4, 0.5) is 9.52 Å². The summed E-state index contributed by atoms with van der Waals surface area (Å²) in [7, 11) is 1.47. The molecule has 0 aliphatic carbocycles. The van der Waals surface area contributed by atoms with Gasteiger partial charge in [0.05, 0.1) is 12.7 Å². The van der Waals surface area contributed by atoms with Gasteiger partial charge < -0.3 is 9.47 Å². The molecule has 0 atom stereocenters. The second-order valence-corrected chi connectivity index (χ2v) is 5.77. The van der Waals surface area contributed by atoms with E-state index in [1.165, 1.54) is 36.1 Å². The first kappa shape index (κ1) is 16.8. The van der Waals surface area contributed by atoms with E-state index >= 15 is 0 Å². The van der Waals surface area contributed by atoms with Crippen molar-refractivity contribution in [3.8, 4) is 11.5 Å². The average molecular weight is 359 g/mol. The van der Waals surface area contributed by atoms with Gasteiger partial charge in [-0.1, -0.05) is 29.5 Å². The van der Waals surface area contributed by atoms with Crippen LogP contribution in [-0.4, -0.2) is 23.2 Å². The minimum absolute atomic E-state index is 0.0520. The molecule has 25 heavy (non-hydrogen) atoms. The van der Waals surface area contributed by atoms with Crippen LogP contribution in [0.2, 0.25) is 0 Å². The molecule has 1 amide bonds. The zero-order valence-electron chi connectivity index (χ0n) is 13.2. The number of methoxy groups -OCH3 is 1. The Bertz CT molecular complexity index is 871. The molecule has 0 spiro atoms. The highest BCUT2D eigenvalue weighted by molar-refractivity contribution is 7.13. The minimum Gasteiger partial charge on any atom is -0.496 e. The van der Waals surface area contributed by atoms with Gasteiger partial charge in [-0.15, -0.1) is 10.2 Å². The van der Waals surface area contributed by atoms with Gasteiger partial charge in [-0.05, 0) is 24.3 Å². The van der Waals surface area contributed by atoms with E-state index in [1.54, 1.807) is 30.3 Å². The highest BCUT2D eigenvalue weighted by Gasteiger charge is 2.15. The number of hydrogen-bond donors (Lipinski definition) is 1. The monoisotopic (exact) mass is 359 g/mol. The van der Waals surface area contributed by atoms with Crippen LogP contribution in [0.1, 0.15) is 15.9 Å². The van der Waals surface area contributed by atoms with Gasteiger partial charge in [-0.2, -0.15) is 0 Å². The van der Waals surface area contributed by atoms with Crippen LogP contribution in [0.15, 0.2) is 48.0 Å². The van der Waals surface area contributed by atoms with Crippen LogP contribution in [-0.2, 0) is 6.61 Å². The molecule has 0 bridgehead atoms. The molecule has 0 unspecified atom stereocenters. The molecule has 1 heterocycles. The molecule has 0 saturated heterocycles. The van der Waals surface area contributed by atoms with Crippen molar-refractivity contribution in [2.45, 2.75) is 6.61 Å². The molecule has 0 radical (unpaired) electrons. The van der Waals surface area contributed by atoms with Crippen LogP contribution in [0.3, 0.4) is 0 Å². The lowest BCUT2D eigenvalue weighted by atomic mass is 10.1. The van der Waals surface area contributed by atoms with Crippen molar-refractivity contribution in [3.05, 3.63) is 64.9 Å². The summed E-state index contributed by atoms with van der Waals surface area (Å²) in [6.45, 7) is 0.0520. The standard InChI is InChI=1S/C17H14FN3O3S/c1-23-15-7-6-12(24-9-11-4-2-3-5-14(11)18)8-13(15)16(22)20-17-21-19-10-25-17/h2-8,10H,9H2,1H3,(H,20,21,22). The first-order valence-electron chi connectivity index (χ1n) is 7.29. The molecule has 8 heteroatoms. The Labute approximate surface area is 147 Å². The summed E-state index contributed by atoms with van der Waals surface area (Å²) < 4.78 is 24.5. The summed E-state index contributed by atoms with van der Waals surface area (Å²) in [5.74, 6) is 0.0712. The highest BCUT2D eigenvalue weighted by atomic mass is 32.1. The van der Waals surface area contributed by atoms with E-state index in [2.05, 4.69) is 15.5 Å². The molecule has 1 N–H and O–H groups in total. The van der Waals surface area contributed by atoms with Gasteiger partial charge in [-0.3, -0.25) is 10.1 Å². The van der Waals surface area contributed by atoms with E-state index < -0.39 is 5.91 Å².